The molecule has 1 aliphatic rings. The molecule has 26 heavy (non-hydrogen) atoms. The fraction of sp³-hybridized carbons (Fsp3) is 0.278. The van der Waals surface area contributed by atoms with Gasteiger partial charge in [0.1, 0.15) is 12.4 Å². The molecule has 0 amide bonds. The van der Waals surface area contributed by atoms with Gasteiger partial charge in [-0.05, 0) is 49.2 Å². The zero-order valence-corrected chi connectivity index (χ0v) is 15.4. The minimum Gasteiger partial charge on any atom is -0.457 e. The van der Waals surface area contributed by atoms with Crippen molar-refractivity contribution in [1.82, 2.24) is 4.31 Å². The maximum atomic E-state index is 13.7. The molecule has 0 saturated carbocycles. The molecule has 0 aromatic heterocycles. The number of hydrogen-bond donors (Lipinski definition) is 0. The number of benzene rings is 2. The van der Waals surface area contributed by atoms with E-state index in [0.29, 0.717) is 13.1 Å². The summed E-state index contributed by atoms with van der Waals surface area (Å²) >= 11 is 5.89. The molecule has 0 radical (unpaired) electrons. The Bertz CT molecular complexity index is 889. The van der Waals surface area contributed by atoms with E-state index in [1.54, 1.807) is 0 Å². The Labute approximate surface area is 156 Å². The van der Waals surface area contributed by atoms with Crippen LogP contribution in [0, 0.1) is 5.82 Å². The van der Waals surface area contributed by atoms with Crippen LogP contribution in [0.5, 0.6) is 0 Å². The molecule has 8 heteroatoms. The summed E-state index contributed by atoms with van der Waals surface area (Å²) < 4.78 is 45.1. The average molecular weight is 398 g/mol. The lowest BCUT2D eigenvalue weighted by molar-refractivity contribution is 0.0469. The molecule has 1 fully saturated rings. The first-order chi connectivity index (χ1) is 12.4. The van der Waals surface area contributed by atoms with Crippen LogP contribution in [0.15, 0.2) is 47.4 Å². The van der Waals surface area contributed by atoms with Crippen molar-refractivity contribution in [3.63, 3.8) is 0 Å². The lowest BCUT2D eigenvalue weighted by Gasteiger charge is -2.15. The van der Waals surface area contributed by atoms with Crippen LogP contribution >= 0.6 is 11.6 Å². The molecular formula is C18H17ClFNO4S. The highest BCUT2D eigenvalue weighted by atomic mass is 35.5. The Morgan fingerprint density at radius 3 is 2.38 bits per heavy atom. The normalized spacial score (nSPS) is 15.2. The molecule has 1 saturated heterocycles. The second kappa shape index (κ2) is 7.73. The minimum atomic E-state index is -3.53. The van der Waals surface area contributed by atoms with E-state index in [1.807, 2.05) is 0 Å². The Hall–Kier alpha value is -1.96. The quantitative estimate of drug-likeness (QED) is 0.723. The SMILES string of the molecule is O=C(OCc1c(F)cccc1Cl)c1ccc(S(=O)(=O)N2CCCC2)cc1. The summed E-state index contributed by atoms with van der Waals surface area (Å²) in [4.78, 5) is 12.2. The van der Waals surface area contributed by atoms with E-state index in [9.17, 15) is 17.6 Å². The number of rotatable bonds is 5. The van der Waals surface area contributed by atoms with Crippen LogP contribution in [-0.4, -0.2) is 31.8 Å². The summed E-state index contributed by atoms with van der Waals surface area (Å²) in [6, 6.07) is 9.71. The molecule has 0 aliphatic carbocycles. The molecule has 0 atom stereocenters. The minimum absolute atomic E-state index is 0.0933. The van der Waals surface area contributed by atoms with Crippen molar-refractivity contribution in [2.45, 2.75) is 24.3 Å². The summed E-state index contributed by atoms with van der Waals surface area (Å²) in [5.41, 5.74) is 0.272. The monoisotopic (exact) mass is 397 g/mol. The zero-order chi connectivity index (χ0) is 18.7. The Morgan fingerprint density at radius 1 is 1.12 bits per heavy atom. The number of nitrogens with zero attached hydrogens (tertiary/aromatic N) is 1. The molecular weight excluding hydrogens is 381 g/mol. The molecule has 2 aromatic carbocycles. The van der Waals surface area contributed by atoms with Gasteiger partial charge in [0, 0.05) is 18.7 Å². The molecule has 3 rings (SSSR count). The van der Waals surface area contributed by atoms with Crippen LogP contribution in [0.2, 0.25) is 5.02 Å². The maximum Gasteiger partial charge on any atom is 0.338 e. The van der Waals surface area contributed by atoms with Gasteiger partial charge in [-0.3, -0.25) is 0 Å². The first kappa shape index (κ1) is 18.8. The molecule has 0 spiro atoms. The van der Waals surface area contributed by atoms with E-state index in [2.05, 4.69) is 0 Å². The highest BCUT2D eigenvalue weighted by molar-refractivity contribution is 7.89. The van der Waals surface area contributed by atoms with E-state index in [0.717, 1.165) is 12.8 Å². The van der Waals surface area contributed by atoms with Crippen LogP contribution in [-0.2, 0) is 21.4 Å². The molecule has 0 bridgehead atoms. The van der Waals surface area contributed by atoms with Gasteiger partial charge in [0.25, 0.3) is 0 Å². The molecule has 5 nitrogen and oxygen atoms in total. The summed E-state index contributed by atoms with van der Waals surface area (Å²) in [6.07, 6.45) is 1.70. The fourth-order valence-electron chi connectivity index (χ4n) is 2.73. The van der Waals surface area contributed by atoms with Crippen molar-refractivity contribution in [2.75, 3.05) is 13.1 Å². The van der Waals surface area contributed by atoms with Gasteiger partial charge in [0.05, 0.1) is 15.5 Å². The highest BCUT2D eigenvalue weighted by Gasteiger charge is 2.27. The number of carbonyl (C=O) groups excluding carboxylic acids is 1. The van der Waals surface area contributed by atoms with Gasteiger partial charge in [-0.1, -0.05) is 17.7 Å². The standard InChI is InChI=1S/C18H17ClFNO4S/c19-16-4-3-5-17(20)15(16)12-25-18(22)13-6-8-14(9-7-13)26(23,24)21-10-1-2-11-21/h3-9H,1-2,10-12H2. The smallest absolute Gasteiger partial charge is 0.338 e. The number of carbonyl (C=O) groups is 1. The zero-order valence-electron chi connectivity index (χ0n) is 13.8. The van der Waals surface area contributed by atoms with E-state index in [1.165, 1.54) is 46.8 Å². The Kier molecular flexibility index (Phi) is 5.60. The maximum absolute atomic E-state index is 13.7. The summed E-state index contributed by atoms with van der Waals surface area (Å²) in [5.74, 6) is -1.24. The molecule has 138 valence electrons. The average Bonchev–Trinajstić information content (AvgIpc) is 3.17. The van der Waals surface area contributed by atoms with Crippen molar-refractivity contribution >= 4 is 27.6 Å². The Morgan fingerprint density at radius 2 is 1.77 bits per heavy atom. The van der Waals surface area contributed by atoms with Gasteiger partial charge in [0.15, 0.2) is 0 Å². The van der Waals surface area contributed by atoms with Crippen molar-refractivity contribution in [2.24, 2.45) is 0 Å². The van der Waals surface area contributed by atoms with Gasteiger partial charge in [0.2, 0.25) is 10.0 Å². The predicted octanol–water partition coefficient (Wildman–Crippen LogP) is 3.62. The predicted molar refractivity (Wildman–Crippen MR) is 95.0 cm³/mol. The number of sulfonamides is 1. The lowest BCUT2D eigenvalue weighted by Crippen LogP contribution is -2.27. The van der Waals surface area contributed by atoms with Gasteiger partial charge < -0.3 is 4.74 Å². The van der Waals surface area contributed by atoms with Crippen molar-refractivity contribution in [1.29, 1.82) is 0 Å². The number of hydrogen-bond acceptors (Lipinski definition) is 4. The van der Waals surface area contributed by atoms with Gasteiger partial charge >= 0.3 is 5.97 Å². The van der Waals surface area contributed by atoms with E-state index in [4.69, 9.17) is 16.3 Å². The first-order valence-corrected chi connectivity index (χ1v) is 9.91. The molecule has 1 aliphatic heterocycles. The van der Waals surface area contributed by atoms with E-state index < -0.39 is 21.8 Å². The van der Waals surface area contributed by atoms with Crippen LogP contribution in [0.4, 0.5) is 4.39 Å². The van der Waals surface area contributed by atoms with Crippen molar-refractivity contribution in [3.05, 3.63) is 64.4 Å². The molecule has 0 unspecified atom stereocenters. The van der Waals surface area contributed by atoms with Gasteiger partial charge in [-0.25, -0.2) is 17.6 Å². The Balaban J connectivity index is 1.69. The van der Waals surface area contributed by atoms with Crippen molar-refractivity contribution < 1.29 is 22.3 Å². The fourth-order valence-corrected chi connectivity index (χ4v) is 4.47. The third-order valence-corrected chi connectivity index (χ3v) is 6.47. The highest BCUT2D eigenvalue weighted by Crippen LogP contribution is 2.22. The van der Waals surface area contributed by atoms with Gasteiger partial charge in [-0.2, -0.15) is 4.31 Å². The largest absolute Gasteiger partial charge is 0.457 e. The number of ether oxygens (including phenoxy) is 1. The second-order valence-corrected chi connectivity index (χ2v) is 8.26. The van der Waals surface area contributed by atoms with E-state index >= 15 is 0 Å². The third kappa shape index (κ3) is 3.90. The second-order valence-electron chi connectivity index (χ2n) is 5.91. The molecule has 2 aromatic rings. The summed E-state index contributed by atoms with van der Waals surface area (Å²) in [7, 11) is -3.53. The van der Waals surface area contributed by atoms with Crippen LogP contribution < -0.4 is 0 Å². The number of esters is 1. The van der Waals surface area contributed by atoms with Gasteiger partial charge in [-0.15, -0.1) is 0 Å². The number of halogens is 2. The van der Waals surface area contributed by atoms with E-state index in [-0.39, 0.29) is 27.7 Å². The first-order valence-electron chi connectivity index (χ1n) is 8.10. The lowest BCUT2D eigenvalue weighted by atomic mass is 10.2. The molecule has 0 N–H and O–H groups in total. The molecule has 1 heterocycles. The van der Waals surface area contributed by atoms with Crippen LogP contribution in [0.1, 0.15) is 28.8 Å². The summed E-state index contributed by atoms with van der Waals surface area (Å²) in [6.45, 7) is 0.712. The topological polar surface area (TPSA) is 63.7 Å². The van der Waals surface area contributed by atoms with Crippen molar-refractivity contribution in [3.8, 4) is 0 Å². The van der Waals surface area contributed by atoms with Crippen LogP contribution in [0.25, 0.3) is 0 Å². The summed E-state index contributed by atoms with van der Waals surface area (Å²) in [5, 5.41) is 0.171. The third-order valence-electron chi connectivity index (χ3n) is 4.20. The van der Waals surface area contributed by atoms with Crippen LogP contribution in [0.3, 0.4) is 0 Å².